The van der Waals surface area contributed by atoms with E-state index in [9.17, 15) is 4.39 Å². The Morgan fingerprint density at radius 2 is 1.95 bits per heavy atom. The number of hydrogen-bond acceptors (Lipinski definition) is 4. The molecule has 3 rings (SSSR count). The summed E-state index contributed by atoms with van der Waals surface area (Å²) in [7, 11) is 1.57. The van der Waals surface area contributed by atoms with Crippen LogP contribution in [0, 0.1) is 5.82 Å². The van der Waals surface area contributed by atoms with Crippen LogP contribution in [-0.4, -0.2) is 22.3 Å². The maximum absolute atomic E-state index is 13.1. The van der Waals surface area contributed by atoms with E-state index in [0.717, 1.165) is 11.1 Å². The Bertz CT molecular complexity index is 768. The number of nitrogens with one attached hydrogen (secondary N) is 1. The second-order valence-corrected chi connectivity index (χ2v) is 4.44. The highest BCUT2D eigenvalue weighted by atomic mass is 19.1. The van der Waals surface area contributed by atoms with Crippen molar-refractivity contribution >= 4 is 5.82 Å². The van der Waals surface area contributed by atoms with Gasteiger partial charge >= 0.3 is 0 Å². The highest BCUT2D eigenvalue weighted by Gasteiger charge is 2.17. The molecule has 3 aromatic rings. The third kappa shape index (κ3) is 2.31. The number of pyridine rings is 1. The van der Waals surface area contributed by atoms with Crippen molar-refractivity contribution in [2.75, 3.05) is 12.8 Å². The van der Waals surface area contributed by atoms with Crippen LogP contribution in [0.5, 0.6) is 5.75 Å². The van der Waals surface area contributed by atoms with Crippen LogP contribution in [0.25, 0.3) is 22.4 Å². The number of methoxy groups -OCH3 is 1. The number of halogens is 1. The summed E-state index contributed by atoms with van der Waals surface area (Å²) in [5, 5.41) is 6.95. The average molecular weight is 284 g/mol. The van der Waals surface area contributed by atoms with Gasteiger partial charge in [-0.05, 0) is 23.8 Å². The van der Waals surface area contributed by atoms with Crippen molar-refractivity contribution in [1.82, 2.24) is 15.2 Å². The molecule has 0 fully saturated rings. The van der Waals surface area contributed by atoms with Gasteiger partial charge in [-0.3, -0.25) is 10.1 Å². The van der Waals surface area contributed by atoms with Gasteiger partial charge in [-0.25, -0.2) is 4.39 Å². The van der Waals surface area contributed by atoms with Gasteiger partial charge in [0.1, 0.15) is 11.6 Å². The number of nitrogen functional groups attached to an aromatic ring is 1. The van der Waals surface area contributed by atoms with E-state index in [1.165, 1.54) is 12.1 Å². The molecule has 0 aliphatic carbocycles. The monoisotopic (exact) mass is 284 g/mol. The Morgan fingerprint density at radius 3 is 2.67 bits per heavy atom. The first-order valence-corrected chi connectivity index (χ1v) is 6.29. The summed E-state index contributed by atoms with van der Waals surface area (Å²) in [6.07, 6.45) is 3.27. The third-order valence-electron chi connectivity index (χ3n) is 3.20. The second-order valence-electron chi connectivity index (χ2n) is 4.44. The van der Waals surface area contributed by atoms with E-state index < -0.39 is 0 Å². The van der Waals surface area contributed by atoms with E-state index in [2.05, 4.69) is 15.2 Å². The van der Waals surface area contributed by atoms with Gasteiger partial charge in [-0.2, -0.15) is 5.10 Å². The smallest absolute Gasteiger partial charge is 0.153 e. The molecule has 0 aliphatic rings. The zero-order valence-corrected chi connectivity index (χ0v) is 11.3. The lowest BCUT2D eigenvalue weighted by Crippen LogP contribution is -1.92. The summed E-state index contributed by atoms with van der Waals surface area (Å²) in [5.41, 5.74) is 8.92. The predicted octanol–water partition coefficient (Wildman–Crippen LogP) is 2.87. The highest BCUT2D eigenvalue weighted by molar-refractivity contribution is 5.89. The lowest BCUT2D eigenvalue weighted by atomic mass is 10.0. The number of H-pyrrole nitrogens is 1. The molecule has 0 saturated heterocycles. The minimum atomic E-state index is -0.302. The van der Waals surface area contributed by atoms with Crippen molar-refractivity contribution in [3.05, 3.63) is 48.5 Å². The molecule has 0 bridgehead atoms. The minimum Gasteiger partial charge on any atom is -0.494 e. The Morgan fingerprint density at radius 1 is 1.19 bits per heavy atom. The first kappa shape index (κ1) is 13.1. The van der Waals surface area contributed by atoms with Crippen LogP contribution in [-0.2, 0) is 0 Å². The Labute approximate surface area is 120 Å². The molecule has 21 heavy (non-hydrogen) atoms. The van der Waals surface area contributed by atoms with Crippen LogP contribution in [0.1, 0.15) is 0 Å². The molecule has 106 valence electrons. The lowest BCUT2D eigenvalue weighted by molar-refractivity contribution is 0.414. The molecule has 5 nitrogen and oxygen atoms in total. The van der Waals surface area contributed by atoms with Gasteiger partial charge in [0.25, 0.3) is 0 Å². The summed E-state index contributed by atoms with van der Waals surface area (Å²) in [6, 6.07) is 7.89. The molecule has 0 spiro atoms. The normalized spacial score (nSPS) is 10.6. The maximum Gasteiger partial charge on any atom is 0.153 e. The fourth-order valence-corrected chi connectivity index (χ4v) is 2.21. The molecular formula is C15H13FN4O. The van der Waals surface area contributed by atoms with Crippen molar-refractivity contribution in [2.24, 2.45) is 0 Å². The number of aromatic nitrogens is 3. The molecule has 0 aliphatic heterocycles. The molecule has 6 heteroatoms. The van der Waals surface area contributed by atoms with Gasteiger partial charge in [0, 0.05) is 11.8 Å². The van der Waals surface area contributed by atoms with E-state index in [-0.39, 0.29) is 5.82 Å². The Balaban J connectivity index is 2.19. The van der Waals surface area contributed by atoms with Crippen molar-refractivity contribution in [2.45, 2.75) is 0 Å². The molecule has 0 saturated carbocycles. The standard InChI is InChI=1S/C15H13FN4O/c1-21-12-8-18-7-6-11(12)14-13(15(17)20-19-14)9-2-4-10(16)5-3-9/h2-8H,1H3,(H3,17,19,20). The number of anilines is 1. The average Bonchev–Trinajstić information content (AvgIpc) is 2.90. The Hall–Kier alpha value is -2.89. The number of rotatable bonds is 3. The quantitative estimate of drug-likeness (QED) is 0.775. The second kappa shape index (κ2) is 5.24. The minimum absolute atomic E-state index is 0.302. The van der Waals surface area contributed by atoms with Crippen molar-refractivity contribution in [3.63, 3.8) is 0 Å². The molecule has 0 unspecified atom stereocenters. The van der Waals surface area contributed by atoms with Gasteiger partial charge in [0.15, 0.2) is 5.82 Å². The molecule has 0 amide bonds. The molecule has 2 aromatic heterocycles. The van der Waals surface area contributed by atoms with E-state index in [0.29, 0.717) is 22.8 Å². The van der Waals surface area contributed by atoms with E-state index in [1.807, 2.05) is 0 Å². The number of nitrogens with two attached hydrogens (primary N) is 1. The van der Waals surface area contributed by atoms with Gasteiger partial charge in [-0.1, -0.05) is 12.1 Å². The SMILES string of the molecule is COc1cnccc1-c1[nH]nc(N)c1-c1ccc(F)cc1. The predicted molar refractivity (Wildman–Crippen MR) is 78.2 cm³/mol. The van der Waals surface area contributed by atoms with E-state index in [4.69, 9.17) is 10.5 Å². The first-order valence-electron chi connectivity index (χ1n) is 6.29. The summed E-state index contributed by atoms with van der Waals surface area (Å²) in [5.74, 6) is 0.642. The number of aromatic amines is 1. The molecule has 2 heterocycles. The molecule has 1 aromatic carbocycles. The van der Waals surface area contributed by atoms with Crippen molar-refractivity contribution in [3.8, 4) is 28.1 Å². The van der Waals surface area contributed by atoms with Crippen LogP contribution >= 0.6 is 0 Å². The van der Waals surface area contributed by atoms with Crippen LogP contribution in [0.15, 0.2) is 42.7 Å². The van der Waals surface area contributed by atoms with Crippen LogP contribution in [0.3, 0.4) is 0 Å². The van der Waals surface area contributed by atoms with Crippen molar-refractivity contribution < 1.29 is 9.13 Å². The summed E-state index contributed by atoms with van der Waals surface area (Å²) in [4.78, 5) is 4.02. The maximum atomic E-state index is 13.1. The molecular weight excluding hydrogens is 271 g/mol. The van der Waals surface area contributed by atoms with Crippen LogP contribution < -0.4 is 10.5 Å². The highest BCUT2D eigenvalue weighted by Crippen LogP contribution is 2.38. The van der Waals surface area contributed by atoms with Crippen molar-refractivity contribution in [1.29, 1.82) is 0 Å². The first-order chi connectivity index (χ1) is 10.2. The third-order valence-corrected chi connectivity index (χ3v) is 3.20. The van der Waals surface area contributed by atoms with Gasteiger partial charge < -0.3 is 10.5 Å². The number of benzene rings is 1. The number of nitrogens with zero attached hydrogens (tertiary/aromatic N) is 2. The number of ether oxygens (including phenoxy) is 1. The molecule has 0 radical (unpaired) electrons. The summed E-state index contributed by atoms with van der Waals surface area (Å²) >= 11 is 0. The largest absolute Gasteiger partial charge is 0.494 e. The summed E-state index contributed by atoms with van der Waals surface area (Å²) in [6.45, 7) is 0. The van der Waals surface area contributed by atoms with E-state index >= 15 is 0 Å². The summed E-state index contributed by atoms with van der Waals surface area (Å²) < 4.78 is 18.4. The molecule has 3 N–H and O–H groups in total. The van der Waals surface area contributed by atoms with Crippen LogP contribution in [0.4, 0.5) is 10.2 Å². The fourth-order valence-electron chi connectivity index (χ4n) is 2.21. The lowest BCUT2D eigenvalue weighted by Gasteiger charge is -2.08. The zero-order chi connectivity index (χ0) is 14.8. The fraction of sp³-hybridized carbons (Fsp3) is 0.0667. The van der Waals surface area contributed by atoms with E-state index in [1.54, 1.807) is 37.7 Å². The van der Waals surface area contributed by atoms with Crippen LogP contribution in [0.2, 0.25) is 0 Å². The topological polar surface area (TPSA) is 76.8 Å². The molecule has 0 atom stereocenters. The van der Waals surface area contributed by atoms with Gasteiger partial charge in [0.2, 0.25) is 0 Å². The van der Waals surface area contributed by atoms with Gasteiger partial charge in [0.05, 0.1) is 24.6 Å². The van der Waals surface area contributed by atoms with Gasteiger partial charge in [-0.15, -0.1) is 0 Å². The Kier molecular flexibility index (Phi) is 3.27. The zero-order valence-electron chi connectivity index (χ0n) is 11.3. The number of hydrogen-bond donors (Lipinski definition) is 2.